The van der Waals surface area contributed by atoms with Gasteiger partial charge in [-0.2, -0.15) is 13.8 Å². The van der Waals surface area contributed by atoms with E-state index in [1.807, 2.05) is 6.07 Å². The summed E-state index contributed by atoms with van der Waals surface area (Å²) in [5.74, 6) is 1.26. The van der Waals surface area contributed by atoms with Gasteiger partial charge in [-0.15, -0.1) is 0 Å². The molecule has 3 heterocycles. The molecular weight excluding hydrogens is 402 g/mol. The third kappa shape index (κ3) is 4.16. The maximum absolute atomic E-state index is 12.7. The number of piperidine rings is 1. The van der Waals surface area contributed by atoms with E-state index in [1.54, 1.807) is 18.2 Å². The van der Waals surface area contributed by atoms with Crippen molar-refractivity contribution in [3.8, 4) is 17.1 Å². The molecule has 1 aliphatic heterocycles. The van der Waals surface area contributed by atoms with Crippen molar-refractivity contribution >= 4 is 10.9 Å². The van der Waals surface area contributed by atoms with Crippen molar-refractivity contribution in [3.63, 3.8) is 0 Å². The number of benzene rings is 2. The number of likely N-dealkylation sites (tertiary alicyclic amines) is 1. The number of aromatic amines is 1. The highest BCUT2D eigenvalue weighted by molar-refractivity contribution is 5.83. The van der Waals surface area contributed by atoms with Crippen LogP contribution in [-0.4, -0.2) is 39.7 Å². The quantitative estimate of drug-likeness (QED) is 0.461. The Kier molecular flexibility index (Phi) is 5.38. The van der Waals surface area contributed by atoms with E-state index in [9.17, 15) is 8.78 Å². The standard InChI is InChI=1S/C23H22F2N4O2/c24-23(25)30-20-8-4-2-6-17(20)22-27-21(31-28-22)14-29-11-9-15(10-12-29)18-13-26-19-7-3-1-5-16(18)19/h1-8,13,15,23,26H,9-12,14H2. The van der Waals surface area contributed by atoms with Crippen molar-refractivity contribution in [2.24, 2.45) is 0 Å². The molecular formula is C23H22F2N4O2. The van der Waals surface area contributed by atoms with Gasteiger partial charge in [-0.25, -0.2) is 0 Å². The van der Waals surface area contributed by atoms with Gasteiger partial charge in [0.15, 0.2) is 0 Å². The SMILES string of the molecule is FC(F)Oc1ccccc1-c1noc(CN2CCC(c3c[nH]c4ccccc34)CC2)n1. The lowest BCUT2D eigenvalue weighted by Crippen LogP contribution is -2.32. The summed E-state index contributed by atoms with van der Waals surface area (Å²) >= 11 is 0. The summed E-state index contributed by atoms with van der Waals surface area (Å²) in [6, 6.07) is 14.8. The van der Waals surface area contributed by atoms with Crippen molar-refractivity contribution in [3.05, 3.63) is 66.2 Å². The number of ether oxygens (including phenoxy) is 1. The van der Waals surface area contributed by atoms with E-state index in [4.69, 9.17) is 4.52 Å². The molecule has 0 radical (unpaired) electrons. The van der Waals surface area contributed by atoms with E-state index in [1.165, 1.54) is 22.5 Å². The highest BCUT2D eigenvalue weighted by Crippen LogP contribution is 2.34. The van der Waals surface area contributed by atoms with E-state index in [2.05, 4.69) is 49.2 Å². The number of hydrogen-bond acceptors (Lipinski definition) is 5. The summed E-state index contributed by atoms with van der Waals surface area (Å²) in [6.45, 7) is -0.531. The fourth-order valence-electron chi connectivity index (χ4n) is 4.30. The first-order valence-corrected chi connectivity index (χ1v) is 10.3. The second-order valence-corrected chi connectivity index (χ2v) is 7.73. The van der Waals surface area contributed by atoms with Gasteiger partial charge in [0, 0.05) is 17.1 Å². The zero-order valence-corrected chi connectivity index (χ0v) is 16.8. The molecule has 1 saturated heterocycles. The second kappa shape index (κ2) is 8.47. The van der Waals surface area contributed by atoms with Crippen LogP contribution >= 0.6 is 0 Å². The van der Waals surface area contributed by atoms with Crippen LogP contribution in [0.5, 0.6) is 5.75 Å². The number of nitrogens with one attached hydrogen (secondary N) is 1. The molecule has 5 rings (SSSR count). The number of para-hydroxylation sites is 2. The highest BCUT2D eigenvalue weighted by Gasteiger charge is 2.24. The lowest BCUT2D eigenvalue weighted by atomic mass is 9.89. The smallest absolute Gasteiger partial charge is 0.387 e. The predicted molar refractivity (Wildman–Crippen MR) is 112 cm³/mol. The number of alkyl halides is 2. The summed E-state index contributed by atoms with van der Waals surface area (Å²) in [6.07, 6.45) is 4.23. The van der Waals surface area contributed by atoms with Crippen LogP contribution in [0.15, 0.2) is 59.3 Å². The summed E-state index contributed by atoms with van der Waals surface area (Å²) < 4.78 is 35.3. The molecule has 0 unspecified atom stereocenters. The average Bonchev–Trinajstić information content (AvgIpc) is 3.42. The Morgan fingerprint density at radius 1 is 1.10 bits per heavy atom. The molecule has 0 bridgehead atoms. The highest BCUT2D eigenvalue weighted by atomic mass is 19.3. The van der Waals surface area contributed by atoms with Crippen LogP contribution in [0.2, 0.25) is 0 Å². The molecule has 1 aliphatic rings. The molecule has 0 saturated carbocycles. The van der Waals surface area contributed by atoms with Gasteiger partial charge in [0.25, 0.3) is 0 Å². The predicted octanol–water partition coefficient (Wildman–Crippen LogP) is 5.20. The van der Waals surface area contributed by atoms with Crippen LogP contribution < -0.4 is 4.74 Å². The molecule has 0 aliphatic carbocycles. The lowest BCUT2D eigenvalue weighted by Gasteiger charge is -2.30. The van der Waals surface area contributed by atoms with Crippen molar-refractivity contribution < 1.29 is 18.0 Å². The molecule has 2 aromatic heterocycles. The fraction of sp³-hybridized carbons (Fsp3) is 0.304. The molecule has 2 aromatic carbocycles. The van der Waals surface area contributed by atoms with Gasteiger partial charge < -0.3 is 14.2 Å². The Hall–Kier alpha value is -3.26. The Bertz CT molecular complexity index is 1170. The number of aromatic nitrogens is 3. The maximum Gasteiger partial charge on any atom is 0.387 e. The Labute approximate surface area is 177 Å². The van der Waals surface area contributed by atoms with E-state index in [-0.39, 0.29) is 11.6 Å². The number of rotatable bonds is 6. The lowest BCUT2D eigenvalue weighted by molar-refractivity contribution is -0.0494. The number of fused-ring (bicyclic) bond motifs is 1. The number of halogens is 2. The normalized spacial score (nSPS) is 15.7. The topological polar surface area (TPSA) is 67.2 Å². The van der Waals surface area contributed by atoms with Crippen LogP contribution in [0.25, 0.3) is 22.3 Å². The minimum Gasteiger partial charge on any atom is -0.434 e. The zero-order valence-electron chi connectivity index (χ0n) is 16.8. The van der Waals surface area contributed by atoms with Crippen LogP contribution in [0, 0.1) is 0 Å². The molecule has 160 valence electrons. The van der Waals surface area contributed by atoms with Gasteiger partial charge >= 0.3 is 6.61 Å². The fourth-order valence-corrected chi connectivity index (χ4v) is 4.30. The van der Waals surface area contributed by atoms with Crippen LogP contribution in [0.1, 0.15) is 30.2 Å². The Morgan fingerprint density at radius 3 is 2.71 bits per heavy atom. The van der Waals surface area contributed by atoms with Crippen molar-refractivity contribution in [1.82, 2.24) is 20.0 Å². The van der Waals surface area contributed by atoms with Gasteiger partial charge in [-0.1, -0.05) is 35.5 Å². The summed E-state index contributed by atoms with van der Waals surface area (Å²) in [5.41, 5.74) is 2.94. The molecule has 0 spiro atoms. The summed E-state index contributed by atoms with van der Waals surface area (Å²) in [4.78, 5) is 10.1. The third-order valence-electron chi connectivity index (χ3n) is 5.82. The third-order valence-corrected chi connectivity index (χ3v) is 5.82. The first-order chi connectivity index (χ1) is 15.2. The molecule has 1 N–H and O–H groups in total. The van der Waals surface area contributed by atoms with E-state index in [0.29, 0.717) is 23.9 Å². The van der Waals surface area contributed by atoms with Crippen LogP contribution in [-0.2, 0) is 6.54 Å². The number of nitrogens with zero attached hydrogens (tertiary/aromatic N) is 3. The molecule has 31 heavy (non-hydrogen) atoms. The van der Waals surface area contributed by atoms with Gasteiger partial charge in [0.2, 0.25) is 11.7 Å². The largest absolute Gasteiger partial charge is 0.434 e. The molecule has 1 fully saturated rings. The molecule has 8 heteroatoms. The average molecular weight is 424 g/mol. The van der Waals surface area contributed by atoms with E-state index in [0.717, 1.165) is 25.9 Å². The van der Waals surface area contributed by atoms with Gasteiger partial charge in [-0.05, 0) is 55.6 Å². The maximum atomic E-state index is 12.7. The molecule has 0 atom stereocenters. The van der Waals surface area contributed by atoms with Gasteiger partial charge in [0.1, 0.15) is 5.75 Å². The molecule has 6 nitrogen and oxygen atoms in total. The van der Waals surface area contributed by atoms with Crippen molar-refractivity contribution in [2.75, 3.05) is 13.1 Å². The number of H-pyrrole nitrogens is 1. The minimum absolute atomic E-state index is 0.0318. The van der Waals surface area contributed by atoms with E-state index < -0.39 is 6.61 Å². The first kappa shape index (κ1) is 19.7. The molecule has 4 aromatic rings. The Balaban J connectivity index is 1.23. The minimum atomic E-state index is -2.91. The summed E-state index contributed by atoms with van der Waals surface area (Å²) in [5, 5.41) is 5.27. The van der Waals surface area contributed by atoms with Crippen molar-refractivity contribution in [2.45, 2.75) is 31.9 Å². The van der Waals surface area contributed by atoms with Gasteiger partial charge in [0.05, 0.1) is 12.1 Å². The van der Waals surface area contributed by atoms with Crippen LogP contribution in [0.3, 0.4) is 0 Å². The van der Waals surface area contributed by atoms with E-state index >= 15 is 0 Å². The number of hydrogen-bond donors (Lipinski definition) is 1. The van der Waals surface area contributed by atoms with Crippen LogP contribution in [0.4, 0.5) is 8.78 Å². The summed E-state index contributed by atoms with van der Waals surface area (Å²) in [7, 11) is 0. The zero-order chi connectivity index (χ0) is 21.2. The Morgan fingerprint density at radius 2 is 1.87 bits per heavy atom. The monoisotopic (exact) mass is 424 g/mol. The first-order valence-electron chi connectivity index (χ1n) is 10.3. The molecule has 0 amide bonds. The van der Waals surface area contributed by atoms with Crippen molar-refractivity contribution in [1.29, 1.82) is 0 Å². The second-order valence-electron chi connectivity index (χ2n) is 7.73. The van der Waals surface area contributed by atoms with Gasteiger partial charge in [-0.3, -0.25) is 4.90 Å².